The van der Waals surface area contributed by atoms with Crippen molar-refractivity contribution >= 4 is 41.3 Å². The summed E-state index contributed by atoms with van der Waals surface area (Å²) < 4.78 is 46.7. The monoisotopic (exact) mass is 1140 g/mol. The molecule has 81 heavy (non-hydrogen) atoms. The van der Waals surface area contributed by atoms with Gasteiger partial charge in [-0.15, -0.1) is 0 Å². The number of halogens is 1. The van der Waals surface area contributed by atoms with Gasteiger partial charge in [0.05, 0.1) is 82.2 Å². The number of ether oxygens (including phenoxy) is 8. The molecule has 0 radical (unpaired) electrons. The van der Waals surface area contributed by atoms with Crippen molar-refractivity contribution in [1.82, 2.24) is 25.8 Å². The molecule has 2 aliphatic carbocycles. The number of carbonyl (C=O) groups excluding carboxylic acids is 5. The molecule has 19 nitrogen and oxygen atoms in total. The minimum Gasteiger partial charge on any atom is -0.491 e. The number of nitrogens with zero attached hydrogens (tertiary/aromatic N) is 3. The molecule has 2 fully saturated rings. The van der Waals surface area contributed by atoms with Crippen LogP contribution in [-0.4, -0.2) is 161 Å². The van der Waals surface area contributed by atoms with E-state index in [9.17, 15) is 29.2 Å². The van der Waals surface area contributed by atoms with E-state index in [0.717, 1.165) is 11.1 Å². The number of rotatable bonds is 27. The van der Waals surface area contributed by atoms with E-state index in [1.807, 2.05) is 45.0 Å². The molecular formula is C61H85ClN6O13. The molecule has 3 N–H and O–H groups in total. The number of fused-ring (bicyclic) bond motifs is 1. The van der Waals surface area contributed by atoms with Gasteiger partial charge in [0.2, 0.25) is 17.7 Å². The zero-order valence-electron chi connectivity index (χ0n) is 49.3. The summed E-state index contributed by atoms with van der Waals surface area (Å²) in [5, 5.41) is 18.9. The summed E-state index contributed by atoms with van der Waals surface area (Å²) >= 11 is 6.24. The fourth-order valence-corrected chi connectivity index (χ4v) is 11.1. The van der Waals surface area contributed by atoms with Gasteiger partial charge >= 0.3 is 6.09 Å². The summed E-state index contributed by atoms with van der Waals surface area (Å²) in [6.07, 6.45) is 0.474. The first-order valence-corrected chi connectivity index (χ1v) is 28.4. The Labute approximate surface area is 483 Å². The van der Waals surface area contributed by atoms with E-state index in [1.54, 1.807) is 75.1 Å². The summed E-state index contributed by atoms with van der Waals surface area (Å²) in [7, 11) is 1.48. The van der Waals surface area contributed by atoms with Gasteiger partial charge in [0.1, 0.15) is 54.0 Å². The highest BCUT2D eigenvalue weighted by Crippen LogP contribution is 2.55. The smallest absolute Gasteiger partial charge is 0.410 e. The second-order valence-corrected chi connectivity index (χ2v) is 24.6. The first-order chi connectivity index (χ1) is 38.2. The van der Waals surface area contributed by atoms with Crippen molar-refractivity contribution < 1.29 is 61.9 Å². The third-order valence-corrected chi connectivity index (χ3v) is 15.4. The number of hydrogen-bond donors (Lipinski definition) is 3. The molecule has 3 aliphatic rings. The number of amides is 5. The summed E-state index contributed by atoms with van der Waals surface area (Å²) in [6.45, 7) is 24.6. The lowest BCUT2D eigenvalue weighted by atomic mass is 9.49. The van der Waals surface area contributed by atoms with E-state index in [4.69, 9.17) is 49.5 Å². The van der Waals surface area contributed by atoms with E-state index in [-0.39, 0.29) is 46.8 Å². The van der Waals surface area contributed by atoms with Crippen molar-refractivity contribution in [1.29, 1.82) is 5.26 Å². The largest absolute Gasteiger partial charge is 0.491 e. The Balaban J connectivity index is 0.818. The van der Waals surface area contributed by atoms with Crippen LogP contribution < -0.4 is 25.4 Å². The fraction of sp³-hybridized carbons (Fsp3) is 0.607. The van der Waals surface area contributed by atoms with Crippen LogP contribution in [0.15, 0.2) is 66.7 Å². The lowest BCUT2D eigenvalue weighted by Gasteiger charge is -2.63. The van der Waals surface area contributed by atoms with Gasteiger partial charge in [-0.25, -0.2) is 4.79 Å². The third-order valence-electron chi connectivity index (χ3n) is 15.1. The SMILES string of the molecule is C[C@@H](C(=O)N[C@H](C(=O)N1CCCC1C(=O)N[C@H]1c2ccccc2C[C@H]1OCCOCCOCCOCCOCCOc1ccc(C(=O)NC2C(C)(C)C(Oc3ccc(C#N)c(Cl)c3)C2(C)C)cc1)C(C)(C)C)N(C)C(=O)OC(C)(C)C. The molecule has 1 saturated carbocycles. The van der Waals surface area contributed by atoms with Crippen molar-refractivity contribution in [2.24, 2.45) is 16.2 Å². The molecular weight excluding hydrogens is 1060 g/mol. The van der Waals surface area contributed by atoms with Gasteiger partial charge < -0.3 is 58.7 Å². The van der Waals surface area contributed by atoms with Crippen molar-refractivity contribution in [3.63, 3.8) is 0 Å². The maximum atomic E-state index is 14.3. The molecule has 3 aromatic carbocycles. The van der Waals surface area contributed by atoms with Crippen molar-refractivity contribution in [3.05, 3.63) is 94.0 Å². The first kappa shape index (κ1) is 64.2. The quantitative estimate of drug-likeness (QED) is 0.0619. The Hall–Kier alpha value is -6.01. The number of likely N-dealkylation sites (tertiary alicyclic amines) is 1. The van der Waals surface area contributed by atoms with Gasteiger partial charge in [0, 0.05) is 48.5 Å². The predicted octanol–water partition coefficient (Wildman–Crippen LogP) is 7.84. The number of benzene rings is 3. The number of nitrogens with one attached hydrogen (secondary N) is 3. The predicted molar refractivity (Wildman–Crippen MR) is 305 cm³/mol. The molecule has 1 heterocycles. The lowest BCUT2D eigenvalue weighted by molar-refractivity contribution is -0.164. The second-order valence-electron chi connectivity index (χ2n) is 24.2. The van der Waals surface area contributed by atoms with Gasteiger partial charge in [-0.05, 0) is 93.5 Å². The van der Waals surface area contributed by atoms with Crippen LogP contribution in [0.5, 0.6) is 11.5 Å². The van der Waals surface area contributed by atoms with Crippen LogP contribution in [0.1, 0.15) is 122 Å². The summed E-state index contributed by atoms with van der Waals surface area (Å²) in [6, 6.07) is 18.7. The molecule has 0 bridgehead atoms. The van der Waals surface area contributed by atoms with Crippen LogP contribution in [0.25, 0.3) is 0 Å². The first-order valence-electron chi connectivity index (χ1n) is 28.0. The Morgan fingerprint density at radius 1 is 0.790 bits per heavy atom. The summed E-state index contributed by atoms with van der Waals surface area (Å²) in [5.41, 5.74) is 0.703. The minimum absolute atomic E-state index is 0.166. The lowest BCUT2D eigenvalue weighted by Crippen LogP contribution is -2.74. The van der Waals surface area contributed by atoms with Crippen LogP contribution in [0, 0.1) is 27.6 Å². The average Bonchev–Trinajstić information content (AvgIpc) is 4.15. The molecule has 3 aromatic rings. The average molecular weight is 1150 g/mol. The van der Waals surface area contributed by atoms with Crippen LogP contribution in [0.4, 0.5) is 4.79 Å². The molecule has 1 aliphatic heterocycles. The topological polar surface area (TPSA) is 226 Å². The highest BCUT2D eigenvalue weighted by molar-refractivity contribution is 6.31. The summed E-state index contributed by atoms with van der Waals surface area (Å²) in [5.74, 6) is -0.157. The highest BCUT2D eigenvalue weighted by atomic mass is 35.5. The third kappa shape index (κ3) is 17.0. The van der Waals surface area contributed by atoms with Gasteiger partial charge in [-0.3, -0.25) is 24.1 Å². The fourth-order valence-electron chi connectivity index (χ4n) is 10.9. The Kier molecular flexibility index (Phi) is 22.4. The number of nitriles is 1. The maximum Gasteiger partial charge on any atom is 0.410 e. The standard InChI is InChI=1S/C61H85ClN6O13/c1-39(67(12)57(73)81-59(5,6)7)51(69)65-50(58(2,3)4)54(72)68-25-15-18-47(68)53(71)64-49-45-17-14-13-16-41(45)36-48(49)79-35-33-77-31-29-75-27-26-74-28-30-76-32-34-78-43-22-19-40(20-23-43)52(70)66-55-60(8,9)56(61(55,10)11)80-44-24-21-42(38-63)46(62)37-44/h13-14,16-17,19-24,37,39,47-50,55-56H,15,18,25-36H2,1-12H3,(H,64,71)(H,65,69)(H,66,70)/t39-,47?,48+,49-,50+,55?,56?/m0/s1. The molecule has 6 rings (SSSR count). The van der Waals surface area contributed by atoms with E-state index in [0.29, 0.717) is 120 Å². The van der Waals surface area contributed by atoms with Gasteiger partial charge in [0.25, 0.3) is 5.91 Å². The Morgan fingerprint density at radius 3 is 1.95 bits per heavy atom. The molecule has 0 spiro atoms. The number of hydrogen-bond acceptors (Lipinski definition) is 14. The molecule has 1 saturated heterocycles. The summed E-state index contributed by atoms with van der Waals surface area (Å²) in [4.78, 5) is 70.8. The maximum absolute atomic E-state index is 14.3. The van der Waals surface area contributed by atoms with E-state index >= 15 is 0 Å². The van der Waals surface area contributed by atoms with E-state index in [1.165, 1.54) is 11.9 Å². The van der Waals surface area contributed by atoms with E-state index < -0.39 is 47.2 Å². The van der Waals surface area contributed by atoms with Gasteiger partial charge in [-0.2, -0.15) is 5.26 Å². The Bertz CT molecular complexity index is 2650. The number of likely N-dealkylation sites (N-methyl/N-ethyl adjacent to an activating group) is 1. The molecule has 5 amide bonds. The zero-order valence-corrected chi connectivity index (χ0v) is 50.1. The van der Waals surface area contributed by atoms with Crippen LogP contribution in [-0.2, 0) is 49.2 Å². The Morgan fingerprint density at radius 2 is 1.37 bits per heavy atom. The molecule has 1 unspecified atom stereocenters. The number of carbonyl (C=O) groups is 5. The van der Waals surface area contributed by atoms with Crippen LogP contribution in [0.2, 0.25) is 5.02 Å². The normalized spacial score (nSPS) is 20.6. The minimum atomic E-state index is -0.967. The molecule has 20 heteroatoms. The molecule has 444 valence electrons. The van der Waals surface area contributed by atoms with E-state index in [2.05, 4.69) is 49.7 Å². The second kappa shape index (κ2) is 28.3. The van der Waals surface area contributed by atoms with Crippen molar-refractivity contribution in [2.75, 3.05) is 79.7 Å². The van der Waals surface area contributed by atoms with Crippen LogP contribution >= 0.6 is 11.6 Å². The molecule has 5 atom stereocenters. The van der Waals surface area contributed by atoms with Gasteiger partial charge in [0.15, 0.2) is 0 Å². The van der Waals surface area contributed by atoms with Crippen molar-refractivity contribution in [3.8, 4) is 17.6 Å². The van der Waals surface area contributed by atoms with Crippen molar-refractivity contribution in [2.45, 2.75) is 143 Å². The molecule has 0 aromatic heterocycles. The zero-order chi connectivity index (χ0) is 59.3. The van der Waals surface area contributed by atoms with Gasteiger partial charge in [-0.1, -0.05) is 84.3 Å². The highest BCUT2D eigenvalue weighted by Gasteiger charge is 2.64. The van der Waals surface area contributed by atoms with Crippen LogP contribution in [0.3, 0.4) is 0 Å².